The minimum Gasteiger partial charge on any atom is -0.489 e. The van der Waals surface area contributed by atoms with Gasteiger partial charge in [0.25, 0.3) is 0 Å². The van der Waals surface area contributed by atoms with E-state index in [1.54, 1.807) is 6.07 Å². The van der Waals surface area contributed by atoms with E-state index in [1.165, 1.54) is 11.3 Å². The van der Waals surface area contributed by atoms with Gasteiger partial charge in [-0.15, -0.1) is 11.3 Å². The third kappa shape index (κ3) is 2.61. The van der Waals surface area contributed by atoms with Gasteiger partial charge in [-0.25, -0.2) is 9.78 Å². The SMILES string of the molecule is O=c1oc2cc(O[C@@H]3CCNC3)ccc2cc1-c1cn2ccsc2n1. The van der Waals surface area contributed by atoms with E-state index >= 15 is 0 Å². The first-order chi connectivity index (χ1) is 12.3. The summed E-state index contributed by atoms with van der Waals surface area (Å²) in [6, 6.07) is 7.44. The molecule has 6 nitrogen and oxygen atoms in total. The van der Waals surface area contributed by atoms with E-state index in [0.29, 0.717) is 16.8 Å². The fraction of sp³-hybridized carbons (Fsp3) is 0.222. The Morgan fingerprint density at radius 1 is 1.36 bits per heavy atom. The molecular formula is C18H15N3O3S. The van der Waals surface area contributed by atoms with E-state index in [4.69, 9.17) is 9.15 Å². The Morgan fingerprint density at radius 3 is 3.16 bits per heavy atom. The van der Waals surface area contributed by atoms with Crippen LogP contribution < -0.4 is 15.7 Å². The van der Waals surface area contributed by atoms with Crippen molar-refractivity contribution in [3.05, 3.63) is 52.5 Å². The van der Waals surface area contributed by atoms with Crippen molar-refractivity contribution in [1.29, 1.82) is 0 Å². The van der Waals surface area contributed by atoms with Gasteiger partial charge in [0, 0.05) is 35.8 Å². The molecule has 4 aromatic rings. The van der Waals surface area contributed by atoms with Crippen LogP contribution in [-0.2, 0) is 0 Å². The van der Waals surface area contributed by atoms with Crippen molar-refractivity contribution >= 4 is 27.3 Å². The van der Waals surface area contributed by atoms with Gasteiger partial charge in [0.05, 0.1) is 11.3 Å². The van der Waals surface area contributed by atoms with Gasteiger partial charge in [0.1, 0.15) is 17.4 Å². The van der Waals surface area contributed by atoms with Crippen molar-refractivity contribution in [3.63, 3.8) is 0 Å². The molecular weight excluding hydrogens is 338 g/mol. The lowest BCUT2D eigenvalue weighted by Crippen LogP contribution is -2.19. The standard InChI is InChI=1S/C18H15N3O3S/c22-17-14(15-10-21-5-6-25-18(21)20-15)7-11-1-2-12(8-16(11)24-17)23-13-3-4-19-9-13/h1-2,5-8,10,13,19H,3-4,9H2/t13-/m1/s1. The van der Waals surface area contributed by atoms with Crippen LogP contribution in [0.15, 0.2) is 51.3 Å². The minimum absolute atomic E-state index is 0.168. The molecule has 0 aliphatic carbocycles. The lowest BCUT2D eigenvalue weighted by molar-refractivity contribution is 0.223. The maximum Gasteiger partial charge on any atom is 0.345 e. The minimum atomic E-state index is -0.391. The molecule has 3 aromatic heterocycles. The molecule has 1 N–H and O–H groups in total. The van der Waals surface area contributed by atoms with Gasteiger partial charge in [-0.2, -0.15) is 0 Å². The monoisotopic (exact) mass is 353 g/mol. The number of nitrogens with one attached hydrogen (secondary N) is 1. The zero-order valence-corrected chi connectivity index (χ0v) is 14.1. The molecule has 0 radical (unpaired) electrons. The molecule has 1 atom stereocenters. The van der Waals surface area contributed by atoms with Crippen LogP contribution in [0.2, 0.25) is 0 Å². The Kier molecular flexibility index (Phi) is 3.36. The number of aromatic nitrogens is 2. The predicted molar refractivity (Wildman–Crippen MR) is 96.4 cm³/mol. The van der Waals surface area contributed by atoms with Crippen molar-refractivity contribution in [3.8, 4) is 17.0 Å². The molecule has 25 heavy (non-hydrogen) atoms. The Bertz CT molecular complexity index is 1090. The zero-order chi connectivity index (χ0) is 16.8. The smallest absolute Gasteiger partial charge is 0.345 e. The molecule has 7 heteroatoms. The summed E-state index contributed by atoms with van der Waals surface area (Å²) in [4.78, 5) is 17.8. The summed E-state index contributed by atoms with van der Waals surface area (Å²) in [5, 5.41) is 6.07. The van der Waals surface area contributed by atoms with Crippen LogP contribution >= 0.6 is 11.3 Å². The van der Waals surface area contributed by atoms with Crippen molar-refractivity contribution < 1.29 is 9.15 Å². The fourth-order valence-corrected chi connectivity index (χ4v) is 3.82. The average Bonchev–Trinajstić information content (AvgIpc) is 3.31. The molecule has 1 aliphatic rings. The summed E-state index contributed by atoms with van der Waals surface area (Å²) in [6.07, 6.45) is 4.91. The molecule has 1 aliphatic heterocycles. The second-order valence-corrected chi connectivity index (χ2v) is 6.97. The number of nitrogens with zero attached hydrogens (tertiary/aromatic N) is 2. The predicted octanol–water partition coefficient (Wildman–Crippen LogP) is 2.91. The molecule has 1 fully saturated rings. The highest BCUT2D eigenvalue weighted by Crippen LogP contribution is 2.26. The van der Waals surface area contributed by atoms with Gasteiger partial charge in [-0.05, 0) is 31.2 Å². The second kappa shape index (κ2) is 5.72. The van der Waals surface area contributed by atoms with Gasteiger partial charge in [-0.1, -0.05) is 0 Å². The van der Waals surface area contributed by atoms with Crippen molar-refractivity contribution in [2.75, 3.05) is 13.1 Å². The Balaban J connectivity index is 1.54. The molecule has 1 aromatic carbocycles. The van der Waals surface area contributed by atoms with Gasteiger partial charge in [0.2, 0.25) is 0 Å². The lowest BCUT2D eigenvalue weighted by Gasteiger charge is -2.12. The summed E-state index contributed by atoms with van der Waals surface area (Å²) in [5.41, 5.74) is 1.23. The Hall–Kier alpha value is -2.64. The number of ether oxygens (including phenoxy) is 1. The largest absolute Gasteiger partial charge is 0.489 e. The molecule has 1 saturated heterocycles. The molecule has 0 bridgehead atoms. The number of hydrogen-bond donors (Lipinski definition) is 1. The summed E-state index contributed by atoms with van der Waals surface area (Å²) < 4.78 is 13.4. The zero-order valence-electron chi connectivity index (χ0n) is 13.3. The van der Waals surface area contributed by atoms with Crippen molar-refractivity contribution in [2.45, 2.75) is 12.5 Å². The van der Waals surface area contributed by atoms with E-state index < -0.39 is 5.63 Å². The van der Waals surface area contributed by atoms with Gasteiger partial charge >= 0.3 is 5.63 Å². The summed E-state index contributed by atoms with van der Waals surface area (Å²) in [6.45, 7) is 1.82. The highest BCUT2D eigenvalue weighted by Gasteiger charge is 2.17. The number of fused-ring (bicyclic) bond motifs is 2. The van der Waals surface area contributed by atoms with Crippen LogP contribution in [0.25, 0.3) is 27.2 Å². The molecule has 0 unspecified atom stereocenters. The first kappa shape index (κ1) is 14.7. The molecule has 126 valence electrons. The third-order valence-corrected chi connectivity index (χ3v) is 5.17. The summed E-state index contributed by atoms with van der Waals surface area (Å²) in [7, 11) is 0. The van der Waals surface area contributed by atoms with Crippen molar-refractivity contribution in [1.82, 2.24) is 14.7 Å². The first-order valence-corrected chi connectivity index (χ1v) is 9.02. The van der Waals surface area contributed by atoms with E-state index in [2.05, 4.69) is 10.3 Å². The quantitative estimate of drug-likeness (QED) is 0.574. The van der Waals surface area contributed by atoms with Crippen LogP contribution in [0.4, 0.5) is 0 Å². The van der Waals surface area contributed by atoms with Crippen LogP contribution in [0, 0.1) is 0 Å². The molecule has 0 spiro atoms. The van der Waals surface area contributed by atoms with Crippen LogP contribution in [0.1, 0.15) is 6.42 Å². The number of rotatable bonds is 3. The van der Waals surface area contributed by atoms with Crippen LogP contribution in [0.3, 0.4) is 0 Å². The van der Waals surface area contributed by atoms with Gasteiger partial charge in [0.15, 0.2) is 4.96 Å². The summed E-state index contributed by atoms with van der Waals surface area (Å²) >= 11 is 1.53. The fourth-order valence-electron chi connectivity index (χ4n) is 3.12. The Labute approximate surface area is 146 Å². The molecule has 5 rings (SSSR count). The third-order valence-electron chi connectivity index (χ3n) is 4.39. The molecule has 0 amide bonds. The molecule has 0 saturated carbocycles. The number of hydrogen-bond acceptors (Lipinski definition) is 6. The number of benzene rings is 1. The average molecular weight is 353 g/mol. The second-order valence-electron chi connectivity index (χ2n) is 6.10. The first-order valence-electron chi connectivity index (χ1n) is 8.14. The highest BCUT2D eigenvalue weighted by molar-refractivity contribution is 7.15. The number of thiazole rings is 1. The summed E-state index contributed by atoms with van der Waals surface area (Å²) in [5.74, 6) is 0.722. The molecule has 4 heterocycles. The highest BCUT2D eigenvalue weighted by atomic mass is 32.1. The van der Waals surface area contributed by atoms with Crippen LogP contribution in [0.5, 0.6) is 5.75 Å². The maximum absolute atomic E-state index is 12.4. The topological polar surface area (TPSA) is 68.8 Å². The normalized spacial score (nSPS) is 17.5. The lowest BCUT2D eigenvalue weighted by atomic mass is 10.1. The van der Waals surface area contributed by atoms with Crippen molar-refractivity contribution in [2.24, 2.45) is 0 Å². The van der Waals surface area contributed by atoms with Gasteiger partial charge in [-0.3, -0.25) is 4.40 Å². The van der Waals surface area contributed by atoms with Gasteiger partial charge < -0.3 is 14.5 Å². The van der Waals surface area contributed by atoms with E-state index in [1.807, 2.05) is 40.4 Å². The van der Waals surface area contributed by atoms with E-state index in [9.17, 15) is 4.79 Å². The van der Waals surface area contributed by atoms with E-state index in [0.717, 1.165) is 35.6 Å². The van der Waals surface area contributed by atoms with Crippen LogP contribution in [-0.4, -0.2) is 28.6 Å². The van der Waals surface area contributed by atoms with E-state index in [-0.39, 0.29) is 6.10 Å². The number of imidazole rings is 1. The Morgan fingerprint density at radius 2 is 2.32 bits per heavy atom. The maximum atomic E-state index is 12.4.